The predicted molar refractivity (Wildman–Crippen MR) is 217 cm³/mol. The fraction of sp³-hybridized carbons (Fsp3) is 0.0833. The van der Waals surface area contributed by atoms with Crippen LogP contribution in [0.1, 0.15) is 31.4 Å². The summed E-state index contributed by atoms with van der Waals surface area (Å²) >= 11 is 0. The topological polar surface area (TPSA) is 6.48 Å². The minimum absolute atomic E-state index is 1.05. The Morgan fingerprint density at radius 1 is 0.480 bits per heavy atom. The van der Waals surface area contributed by atoms with E-state index in [0.29, 0.717) is 0 Å². The molecule has 246 valence electrons. The van der Waals surface area contributed by atoms with Gasteiger partial charge in [0, 0.05) is 34.1 Å². The Hall–Kier alpha value is -6.12. The molecule has 0 aliphatic rings. The minimum atomic E-state index is 1.05. The van der Waals surface area contributed by atoms with Crippen molar-refractivity contribution in [2.75, 3.05) is 9.80 Å². The van der Waals surface area contributed by atoms with E-state index in [-0.39, 0.29) is 0 Å². The number of allylic oxidation sites excluding steroid dienone is 7. The molecule has 6 aromatic carbocycles. The average molecular weight is 649 g/mol. The smallest absolute Gasteiger partial charge is 0.0462 e. The number of benzene rings is 6. The number of aryl methyl sites for hydroxylation is 1. The maximum Gasteiger partial charge on any atom is 0.0462 e. The number of rotatable bonds is 12. The molecule has 6 aromatic rings. The average Bonchev–Trinajstić information content (AvgIpc) is 3.17. The molecule has 0 radical (unpaired) electrons. The van der Waals surface area contributed by atoms with E-state index in [1.165, 1.54) is 22.3 Å². The number of nitrogens with zero attached hydrogens (tertiary/aromatic N) is 2. The van der Waals surface area contributed by atoms with Gasteiger partial charge in [0.15, 0.2) is 0 Å². The van der Waals surface area contributed by atoms with Gasteiger partial charge in [-0.25, -0.2) is 0 Å². The van der Waals surface area contributed by atoms with E-state index in [2.05, 4.69) is 231 Å². The summed E-state index contributed by atoms with van der Waals surface area (Å²) in [5.74, 6) is 0. The minimum Gasteiger partial charge on any atom is -0.311 e. The zero-order chi connectivity index (χ0) is 34.5. The number of anilines is 6. The van der Waals surface area contributed by atoms with Crippen LogP contribution in [0.4, 0.5) is 34.1 Å². The van der Waals surface area contributed by atoms with E-state index in [4.69, 9.17) is 0 Å². The first-order valence-electron chi connectivity index (χ1n) is 17.3. The molecule has 0 unspecified atom stereocenters. The van der Waals surface area contributed by atoms with E-state index >= 15 is 0 Å². The first kappa shape index (κ1) is 33.8. The molecule has 0 saturated heterocycles. The molecule has 2 heteroatoms. The lowest BCUT2D eigenvalue weighted by Crippen LogP contribution is -2.10. The second kappa shape index (κ2) is 16.8. The summed E-state index contributed by atoms with van der Waals surface area (Å²) < 4.78 is 0. The van der Waals surface area contributed by atoms with Crippen molar-refractivity contribution in [1.29, 1.82) is 0 Å². The summed E-state index contributed by atoms with van der Waals surface area (Å²) in [4.78, 5) is 4.60. The third kappa shape index (κ3) is 8.66. The SMILES string of the molecule is CC/C=C\C=C(/C)C=CC=Cc1ccc(N(c2ccccc2)c2ccc(-c3ccc(N(c4ccccc4)c4ccc(C)cc4)cc3)cc2)cc1. The Kier molecular flexibility index (Phi) is 11.4. The molecule has 0 saturated carbocycles. The number of hydrogen-bond donors (Lipinski definition) is 0. The van der Waals surface area contributed by atoms with Gasteiger partial charge < -0.3 is 9.80 Å². The molecular formula is C48H44N2. The molecule has 0 fully saturated rings. The fourth-order valence-corrected chi connectivity index (χ4v) is 5.87. The van der Waals surface area contributed by atoms with E-state index < -0.39 is 0 Å². The first-order valence-corrected chi connectivity index (χ1v) is 17.3. The molecule has 0 aromatic heterocycles. The molecule has 0 heterocycles. The molecule has 0 bridgehead atoms. The highest BCUT2D eigenvalue weighted by Gasteiger charge is 2.14. The van der Waals surface area contributed by atoms with Crippen LogP contribution in [0.25, 0.3) is 17.2 Å². The van der Waals surface area contributed by atoms with Crippen molar-refractivity contribution >= 4 is 40.2 Å². The lowest BCUT2D eigenvalue weighted by molar-refractivity contribution is 1.22. The quantitative estimate of drug-likeness (QED) is 0.122. The Balaban J connectivity index is 1.22. The van der Waals surface area contributed by atoms with Crippen LogP contribution in [-0.2, 0) is 0 Å². The molecule has 50 heavy (non-hydrogen) atoms. The predicted octanol–water partition coefficient (Wildman–Crippen LogP) is 14.1. The normalized spacial score (nSPS) is 11.9. The van der Waals surface area contributed by atoms with Crippen LogP contribution in [0, 0.1) is 6.92 Å². The Labute approximate surface area is 298 Å². The van der Waals surface area contributed by atoms with Crippen LogP contribution in [-0.4, -0.2) is 0 Å². The van der Waals surface area contributed by atoms with Crippen molar-refractivity contribution in [3.8, 4) is 11.1 Å². The summed E-state index contributed by atoms with van der Waals surface area (Å²) in [6.45, 7) is 6.39. The first-order chi connectivity index (χ1) is 24.6. The van der Waals surface area contributed by atoms with E-state index in [0.717, 1.165) is 46.1 Å². The summed E-state index contributed by atoms with van der Waals surface area (Å²) in [7, 11) is 0. The van der Waals surface area contributed by atoms with Gasteiger partial charge in [-0.05, 0) is 110 Å². The number of hydrogen-bond acceptors (Lipinski definition) is 2. The van der Waals surface area contributed by atoms with Crippen molar-refractivity contribution < 1.29 is 0 Å². The van der Waals surface area contributed by atoms with Crippen molar-refractivity contribution in [2.45, 2.75) is 27.2 Å². The van der Waals surface area contributed by atoms with Crippen molar-refractivity contribution in [2.24, 2.45) is 0 Å². The van der Waals surface area contributed by atoms with Crippen LogP contribution in [0.5, 0.6) is 0 Å². The lowest BCUT2D eigenvalue weighted by atomic mass is 10.0. The molecule has 0 spiro atoms. The van der Waals surface area contributed by atoms with Crippen molar-refractivity contribution in [1.82, 2.24) is 0 Å². The molecule has 0 aliphatic carbocycles. The Morgan fingerprint density at radius 2 is 0.900 bits per heavy atom. The monoisotopic (exact) mass is 648 g/mol. The van der Waals surface area contributed by atoms with Crippen LogP contribution in [0.3, 0.4) is 0 Å². The second-order valence-electron chi connectivity index (χ2n) is 12.3. The van der Waals surface area contributed by atoms with Crippen molar-refractivity contribution in [3.63, 3.8) is 0 Å². The van der Waals surface area contributed by atoms with E-state index in [1.807, 2.05) is 0 Å². The summed E-state index contributed by atoms with van der Waals surface area (Å²) in [6.07, 6.45) is 15.9. The largest absolute Gasteiger partial charge is 0.311 e. The molecule has 0 amide bonds. The highest BCUT2D eigenvalue weighted by Crippen LogP contribution is 2.38. The van der Waals surface area contributed by atoms with Gasteiger partial charge in [-0.3, -0.25) is 0 Å². The van der Waals surface area contributed by atoms with Gasteiger partial charge in [-0.15, -0.1) is 0 Å². The van der Waals surface area contributed by atoms with Crippen LogP contribution < -0.4 is 9.80 Å². The molecule has 0 aliphatic heterocycles. The Bertz CT molecular complexity index is 2050. The maximum atomic E-state index is 2.30. The van der Waals surface area contributed by atoms with E-state index in [1.54, 1.807) is 0 Å². The van der Waals surface area contributed by atoms with Crippen LogP contribution in [0.15, 0.2) is 200 Å². The molecule has 0 N–H and O–H groups in total. The number of para-hydroxylation sites is 2. The third-order valence-electron chi connectivity index (χ3n) is 8.55. The summed E-state index contributed by atoms with van der Waals surface area (Å²) in [6, 6.07) is 56.2. The maximum absolute atomic E-state index is 2.30. The van der Waals surface area contributed by atoms with E-state index in [9.17, 15) is 0 Å². The molecule has 2 nitrogen and oxygen atoms in total. The highest BCUT2D eigenvalue weighted by molar-refractivity contribution is 5.81. The highest BCUT2D eigenvalue weighted by atomic mass is 15.1. The molecule has 0 atom stereocenters. The zero-order valence-electron chi connectivity index (χ0n) is 29.2. The fourth-order valence-electron chi connectivity index (χ4n) is 5.87. The summed E-state index contributed by atoms with van der Waals surface area (Å²) in [5.41, 5.74) is 12.7. The third-order valence-corrected chi connectivity index (χ3v) is 8.55. The molecule has 6 rings (SSSR count). The van der Waals surface area contributed by atoms with Crippen LogP contribution >= 0.6 is 0 Å². The lowest BCUT2D eigenvalue weighted by Gasteiger charge is -2.26. The summed E-state index contributed by atoms with van der Waals surface area (Å²) in [5, 5.41) is 0. The van der Waals surface area contributed by atoms with Gasteiger partial charge in [0.05, 0.1) is 0 Å². The van der Waals surface area contributed by atoms with Crippen molar-refractivity contribution in [3.05, 3.63) is 211 Å². The zero-order valence-corrected chi connectivity index (χ0v) is 29.2. The molecular weight excluding hydrogens is 605 g/mol. The van der Waals surface area contributed by atoms with Gasteiger partial charge >= 0.3 is 0 Å². The van der Waals surface area contributed by atoms with Gasteiger partial charge in [-0.2, -0.15) is 0 Å². The standard InChI is InChI=1S/C48H44N2/c1-4-5-8-15-38(2)16-13-14-17-40-24-32-46(33-25-40)50(44-20-11-7-12-21-44)48-36-28-42(29-37-48)41-26-34-47(35-27-41)49(43-18-9-6-10-19-43)45-30-22-39(3)23-31-45/h5-37H,4H2,1-3H3/b8-5-,16-13?,17-14?,38-15+. The second-order valence-corrected chi connectivity index (χ2v) is 12.3. The van der Waals surface area contributed by atoms with Gasteiger partial charge in [0.1, 0.15) is 0 Å². The van der Waals surface area contributed by atoms with Gasteiger partial charge in [-0.1, -0.05) is 146 Å². The van der Waals surface area contributed by atoms with Gasteiger partial charge in [0.25, 0.3) is 0 Å². The van der Waals surface area contributed by atoms with Crippen LogP contribution in [0.2, 0.25) is 0 Å². The Morgan fingerprint density at radius 3 is 1.36 bits per heavy atom. The van der Waals surface area contributed by atoms with Gasteiger partial charge in [0.2, 0.25) is 0 Å².